The molecule has 0 saturated heterocycles. The van der Waals surface area contributed by atoms with Gasteiger partial charge in [0.15, 0.2) is 23.0 Å². The van der Waals surface area contributed by atoms with Gasteiger partial charge in [-0.15, -0.1) is 0 Å². The second-order valence-electron chi connectivity index (χ2n) is 6.96. The van der Waals surface area contributed by atoms with Gasteiger partial charge in [-0.1, -0.05) is 15.9 Å². The highest BCUT2D eigenvalue weighted by Crippen LogP contribution is 2.31. The monoisotopic (exact) mass is 542 g/mol. The number of methoxy groups -OCH3 is 2. The number of phenolic OH excluding ortho intramolecular Hbond substituents is 1. The van der Waals surface area contributed by atoms with Gasteiger partial charge < -0.3 is 24.1 Å². The van der Waals surface area contributed by atoms with Crippen LogP contribution in [0.25, 0.3) is 0 Å². The molecule has 0 aliphatic heterocycles. The zero-order valence-corrected chi connectivity index (χ0v) is 20.8. The van der Waals surface area contributed by atoms with E-state index in [9.17, 15) is 14.7 Å². The largest absolute Gasteiger partial charge is 0.507 e. The maximum atomic E-state index is 12.7. The topological polar surface area (TPSA) is 116 Å². The molecule has 0 aliphatic rings. The number of nitrogens with one attached hydrogen (secondary N) is 1. The molecule has 0 saturated carbocycles. The minimum atomic E-state index is -0.602. The lowest BCUT2D eigenvalue weighted by Crippen LogP contribution is -2.17. The summed E-state index contributed by atoms with van der Waals surface area (Å²) in [5.74, 6) is 0.0786. The van der Waals surface area contributed by atoms with Gasteiger partial charge in [0.1, 0.15) is 5.75 Å². The zero-order valence-electron chi connectivity index (χ0n) is 19.2. The highest BCUT2D eigenvalue weighted by atomic mass is 79.9. The quantitative estimate of drug-likeness (QED) is 0.176. The standard InChI is InChI=1S/C25H23BrN2O7/c1-4-34-23-11-15(14-27-28-24(30)18-13-17(26)7-8-19(18)29)5-9-21(23)35-25(31)16-6-10-20(32-2)22(12-16)33-3/h5-14,29H,4H2,1-3H3,(H,28,30)/b27-14-. The molecule has 0 fully saturated rings. The number of rotatable bonds is 9. The number of carbonyl (C=O) groups excluding carboxylic acids is 2. The maximum absolute atomic E-state index is 12.7. The van der Waals surface area contributed by atoms with Crippen molar-refractivity contribution < 1.29 is 33.6 Å². The molecule has 0 aliphatic carbocycles. The highest BCUT2D eigenvalue weighted by molar-refractivity contribution is 9.10. The van der Waals surface area contributed by atoms with E-state index in [4.69, 9.17) is 18.9 Å². The summed E-state index contributed by atoms with van der Waals surface area (Å²) in [5, 5.41) is 13.8. The van der Waals surface area contributed by atoms with Crippen LogP contribution in [-0.4, -0.2) is 44.0 Å². The van der Waals surface area contributed by atoms with Crippen LogP contribution in [0, 0.1) is 0 Å². The van der Waals surface area contributed by atoms with Crippen LogP contribution >= 0.6 is 15.9 Å². The summed E-state index contributed by atoms with van der Waals surface area (Å²) in [6, 6.07) is 14.0. The third-order valence-corrected chi connectivity index (χ3v) is 5.17. The lowest BCUT2D eigenvalue weighted by molar-refractivity contribution is 0.0727. The van der Waals surface area contributed by atoms with Gasteiger partial charge in [0.05, 0.1) is 38.2 Å². The maximum Gasteiger partial charge on any atom is 0.343 e. The SMILES string of the molecule is CCOc1cc(/C=N\NC(=O)c2cc(Br)ccc2O)ccc1OC(=O)c1ccc(OC)c(OC)c1. The van der Waals surface area contributed by atoms with E-state index in [1.165, 1.54) is 38.6 Å². The number of aromatic hydroxyl groups is 1. The van der Waals surface area contributed by atoms with Crippen LogP contribution < -0.4 is 24.4 Å². The fraction of sp³-hybridized carbons (Fsp3) is 0.160. The Morgan fingerprint density at radius 1 is 0.971 bits per heavy atom. The smallest absolute Gasteiger partial charge is 0.343 e. The Bertz CT molecular complexity index is 1260. The fourth-order valence-corrected chi connectivity index (χ4v) is 3.36. The lowest BCUT2D eigenvalue weighted by Gasteiger charge is -2.12. The van der Waals surface area contributed by atoms with Gasteiger partial charge in [-0.2, -0.15) is 5.10 Å². The minimum absolute atomic E-state index is 0.0731. The van der Waals surface area contributed by atoms with E-state index in [2.05, 4.69) is 26.5 Å². The summed E-state index contributed by atoms with van der Waals surface area (Å²) in [4.78, 5) is 25.0. The fourth-order valence-electron chi connectivity index (χ4n) is 3.00. The van der Waals surface area contributed by atoms with E-state index >= 15 is 0 Å². The second kappa shape index (κ2) is 11.9. The normalized spacial score (nSPS) is 10.6. The van der Waals surface area contributed by atoms with Crippen molar-refractivity contribution in [3.8, 4) is 28.7 Å². The molecule has 3 aromatic carbocycles. The average molecular weight is 543 g/mol. The van der Waals surface area contributed by atoms with Crippen LogP contribution in [0.5, 0.6) is 28.7 Å². The van der Waals surface area contributed by atoms with Gasteiger partial charge in [0, 0.05) is 4.47 Å². The first-order valence-electron chi connectivity index (χ1n) is 10.4. The third-order valence-electron chi connectivity index (χ3n) is 4.67. The number of halogens is 1. The number of nitrogens with zero attached hydrogens (tertiary/aromatic N) is 1. The predicted octanol–water partition coefficient (Wildman–Crippen LogP) is 4.55. The summed E-state index contributed by atoms with van der Waals surface area (Å²) < 4.78 is 22.2. The predicted molar refractivity (Wildman–Crippen MR) is 133 cm³/mol. The van der Waals surface area contributed by atoms with Crippen LogP contribution in [0.2, 0.25) is 0 Å². The number of esters is 1. The van der Waals surface area contributed by atoms with Crippen LogP contribution in [0.1, 0.15) is 33.2 Å². The molecule has 0 bridgehead atoms. The van der Waals surface area contributed by atoms with Gasteiger partial charge in [0.25, 0.3) is 5.91 Å². The molecule has 35 heavy (non-hydrogen) atoms. The van der Waals surface area contributed by atoms with Crippen molar-refractivity contribution in [2.24, 2.45) is 5.10 Å². The molecular weight excluding hydrogens is 520 g/mol. The van der Waals surface area contributed by atoms with E-state index in [1.54, 1.807) is 43.3 Å². The van der Waals surface area contributed by atoms with Crippen molar-refractivity contribution in [3.63, 3.8) is 0 Å². The number of carbonyl (C=O) groups is 2. The summed E-state index contributed by atoms with van der Waals surface area (Å²) in [6.07, 6.45) is 1.40. The summed E-state index contributed by atoms with van der Waals surface area (Å²) >= 11 is 3.25. The van der Waals surface area contributed by atoms with Crippen LogP contribution in [-0.2, 0) is 0 Å². The van der Waals surface area contributed by atoms with Crippen LogP contribution in [0.15, 0.2) is 64.2 Å². The Morgan fingerprint density at radius 2 is 1.71 bits per heavy atom. The first kappa shape index (κ1) is 25.6. The third kappa shape index (κ3) is 6.51. The van der Waals surface area contributed by atoms with Gasteiger partial charge in [-0.3, -0.25) is 4.79 Å². The summed E-state index contributed by atoms with van der Waals surface area (Å²) in [5.41, 5.74) is 3.28. The number of hydrogen-bond donors (Lipinski definition) is 2. The number of ether oxygens (including phenoxy) is 4. The molecule has 0 atom stereocenters. The van der Waals surface area contributed by atoms with Crippen molar-refractivity contribution in [1.29, 1.82) is 0 Å². The Balaban J connectivity index is 1.74. The van der Waals surface area contributed by atoms with E-state index in [0.717, 1.165) is 0 Å². The molecule has 10 heteroatoms. The van der Waals surface area contributed by atoms with Crippen molar-refractivity contribution >= 4 is 34.0 Å². The van der Waals surface area contributed by atoms with E-state index < -0.39 is 11.9 Å². The molecule has 2 N–H and O–H groups in total. The first-order chi connectivity index (χ1) is 16.9. The van der Waals surface area contributed by atoms with Crippen molar-refractivity contribution in [3.05, 3.63) is 75.8 Å². The molecule has 3 rings (SSSR count). The van der Waals surface area contributed by atoms with Crippen LogP contribution in [0.3, 0.4) is 0 Å². The molecule has 0 spiro atoms. The summed E-state index contributed by atoms with van der Waals surface area (Å²) in [7, 11) is 2.98. The number of hydrazone groups is 1. The van der Waals surface area contributed by atoms with Crippen molar-refractivity contribution in [2.75, 3.05) is 20.8 Å². The van der Waals surface area contributed by atoms with Gasteiger partial charge in [0.2, 0.25) is 0 Å². The molecule has 1 amide bonds. The van der Waals surface area contributed by atoms with Crippen molar-refractivity contribution in [2.45, 2.75) is 6.92 Å². The average Bonchev–Trinajstić information content (AvgIpc) is 2.86. The van der Waals surface area contributed by atoms with Crippen LogP contribution in [0.4, 0.5) is 0 Å². The highest BCUT2D eigenvalue weighted by Gasteiger charge is 2.16. The molecule has 0 radical (unpaired) electrons. The van der Waals surface area contributed by atoms with Gasteiger partial charge in [-0.25, -0.2) is 10.2 Å². The van der Waals surface area contributed by atoms with E-state index in [1.807, 2.05) is 0 Å². The molecule has 3 aromatic rings. The Kier molecular flexibility index (Phi) is 8.69. The Labute approximate surface area is 210 Å². The van der Waals surface area contributed by atoms with E-state index in [-0.39, 0.29) is 22.6 Å². The number of hydrogen-bond acceptors (Lipinski definition) is 8. The molecule has 0 unspecified atom stereocenters. The Hall–Kier alpha value is -4.05. The first-order valence-corrected chi connectivity index (χ1v) is 11.2. The number of amides is 1. The molecule has 182 valence electrons. The lowest BCUT2D eigenvalue weighted by atomic mass is 10.2. The van der Waals surface area contributed by atoms with Crippen molar-refractivity contribution in [1.82, 2.24) is 5.43 Å². The minimum Gasteiger partial charge on any atom is -0.507 e. The zero-order chi connectivity index (χ0) is 25.4. The second-order valence-corrected chi connectivity index (χ2v) is 7.87. The Morgan fingerprint density at radius 3 is 2.43 bits per heavy atom. The van der Waals surface area contributed by atoms with Gasteiger partial charge in [-0.05, 0) is 67.1 Å². The number of phenols is 1. The van der Waals surface area contributed by atoms with E-state index in [0.29, 0.717) is 33.9 Å². The summed E-state index contributed by atoms with van der Waals surface area (Å²) in [6.45, 7) is 2.13. The molecule has 0 aromatic heterocycles. The number of benzene rings is 3. The van der Waals surface area contributed by atoms with Gasteiger partial charge >= 0.3 is 5.97 Å². The molecule has 0 heterocycles. The molecule has 9 nitrogen and oxygen atoms in total. The molecular formula is C25H23BrN2O7.